The molecule has 1 heterocycles. The lowest BCUT2D eigenvalue weighted by Gasteiger charge is -2.13. The van der Waals surface area contributed by atoms with E-state index in [-0.39, 0.29) is 6.04 Å². The van der Waals surface area contributed by atoms with Crippen LogP contribution in [0.4, 0.5) is 0 Å². The SMILES string of the molecule is C#CCCC(NC)c1cc(Cl)sc1Cl. The van der Waals surface area contributed by atoms with Crippen LogP contribution in [-0.4, -0.2) is 7.05 Å². The van der Waals surface area contributed by atoms with Crippen molar-refractivity contribution in [2.45, 2.75) is 18.9 Å². The number of nitrogens with one attached hydrogen (secondary N) is 1. The van der Waals surface area contributed by atoms with Crippen LogP contribution >= 0.6 is 34.5 Å². The molecule has 0 fully saturated rings. The van der Waals surface area contributed by atoms with E-state index < -0.39 is 0 Å². The van der Waals surface area contributed by atoms with E-state index in [0.717, 1.165) is 22.7 Å². The smallest absolute Gasteiger partial charge is 0.0991 e. The first kappa shape index (κ1) is 11.9. The highest BCUT2D eigenvalue weighted by Crippen LogP contribution is 2.36. The minimum atomic E-state index is 0.197. The van der Waals surface area contributed by atoms with Crippen molar-refractivity contribution in [1.29, 1.82) is 0 Å². The topological polar surface area (TPSA) is 12.0 Å². The largest absolute Gasteiger partial charge is 0.313 e. The van der Waals surface area contributed by atoms with Gasteiger partial charge in [-0.1, -0.05) is 23.2 Å². The summed E-state index contributed by atoms with van der Waals surface area (Å²) >= 11 is 13.3. The molecule has 0 amide bonds. The van der Waals surface area contributed by atoms with Gasteiger partial charge in [-0.05, 0) is 19.5 Å². The Labute approximate surface area is 98.4 Å². The molecule has 0 aromatic carbocycles. The molecule has 0 saturated heterocycles. The number of terminal acetylenes is 1. The third-order valence-electron chi connectivity index (χ3n) is 1.98. The second-order valence-electron chi connectivity index (χ2n) is 2.86. The molecule has 0 aliphatic carbocycles. The van der Waals surface area contributed by atoms with Crippen LogP contribution in [0.3, 0.4) is 0 Å². The molecule has 76 valence electrons. The van der Waals surface area contributed by atoms with E-state index in [2.05, 4.69) is 11.2 Å². The maximum Gasteiger partial charge on any atom is 0.0991 e. The minimum Gasteiger partial charge on any atom is -0.313 e. The third kappa shape index (κ3) is 2.90. The average Bonchev–Trinajstić information content (AvgIpc) is 2.47. The van der Waals surface area contributed by atoms with Crippen LogP contribution in [-0.2, 0) is 0 Å². The molecule has 0 saturated carbocycles. The average molecular weight is 248 g/mol. The van der Waals surface area contributed by atoms with E-state index in [9.17, 15) is 0 Å². The molecule has 0 aliphatic heterocycles. The second-order valence-corrected chi connectivity index (χ2v) is 5.15. The summed E-state index contributed by atoms with van der Waals surface area (Å²) in [4.78, 5) is 0. The molecule has 1 rings (SSSR count). The van der Waals surface area contributed by atoms with Crippen molar-refractivity contribution in [3.8, 4) is 12.3 Å². The van der Waals surface area contributed by atoms with Crippen LogP contribution in [0.15, 0.2) is 6.07 Å². The highest BCUT2D eigenvalue weighted by atomic mass is 35.5. The zero-order valence-electron chi connectivity index (χ0n) is 7.81. The van der Waals surface area contributed by atoms with Gasteiger partial charge >= 0.3 is 0 Å². The lowest BCUT2D eigenvalue weighted by molar-refractivity contribution is 0.560. The molecule has 14 heavy (non-hydrogen) atoms. The predicted molar refractivity (Wildman–Crippen MR) is 64.2 cm³/mol. The first-order valence-corrected chi connectivity index (χ1v) is 5.81. The van der Waals surface area contributed by atoms with Gasteiger partial charge in [0.1, 0.15) is 0 Å². The van der Waals surface area contributed by atoms with E-state index in [4.69, 9.17) is 29.6 Å². The van der Waals surface area contributed by atoms with Crippen LogP contribution in [0, 0.1) is 12.3 Å². The van der Waals surface area contributed by atoms with Crippen molar-refractivity contribution in [2.75, 3.05) is 7.05 Å². The molecular weight excluding hydrogens is 237 g/mol. The quantitative estimate of drug-likeness (QED) is 0.800. The van der Waals surface area contributed by atoms with Crippen molar-refractivity contribution in [2.24, 2.45) is 0 Å². The molecule has 0 bridgehead atoms. The van der Waals surface area contributed by atoms with E-state index in [1.807, 2.05) is 13.1 Å². The van der Waals surface area contributed by atoms with Crippen LogP contribution in [0.25, 0.3) is 0 Å². The summed E-state index contributed by atoms with van der Waals surface area (Å²) in [6.45, 7) is 0. The summed E-state index contributed by atoms with van der Waals surface area (Å²) in [6.07, 6.45) is 6.82. The van der Waals surface area contributed by atoms with Crippen molar-refractivity contribution in [3.63, 3.8) is 0 Å². The lowest BCUT2D eigenvalue weighted by Crippen LogP contribution is -2.15. The van der Waals surface area contributed by atoms with E-state index in [1.54, 1.807) is 0 Å². The minimum absolute atomic E-state index is 0.197. The van der Waals surface area contributed by atoms with Gasteiger partial charge in [0.25, 0.3) is 0 Å². The number of hydrogen-bond donors (Lipinski definition) is 1. The molecular formula is C10H11Cl2NS. The number of rotatable bonds is 4. The van der Waals surface area contributed by atoms with Gasteiger partial charge in [0.2, 0.25) is 0 Å². The summed E-state index contributed by atoms with van der Waals surface area (Å²) < 4.78 is 1.46. The summed E-state index contributed by atoms with van der Waals surface area (Å²) in [7, 11) is 1.89. The van der Waals surface area contributed by atoms with Crippen LogP contribution < -0.4 is 5.32 Å². The van der Waals surface area contributed by atoms with E-state index in [1.165, 1.54) is 11.3 Å². The van der Waals surface area contributed by atoms with Crippen molar-refractivity contribution in [3.05, 3.63) is 20.3 Å². The Kier molecular flexibility index (Phi) is 4.77. The normalized spacial score (nSPS) is 12.4. The lowest BCUT2D eigenvalue weighted by atomic mass is 10.1. The van der Waals surface area contributed by atoms with Crippen LogP contribution in [0.2, 0.25) is 8.67 Å². The Hall–Kier alpha value is -0.200. The third-order valence-corrected chi connectivity index (χ3v) is 3.50. The van der Waals surface area contributed by atoms with Crippen LogP contribution in [0.5, 0.6) is 0 Å². The summed E-state index contributed by atoms with van der Waals surface area (Å²) in [5.41, 5.74) is 1.04. The van der Waals surface area contributed by atoms with Gasteiger partial charge in [0.05, 0.1) is 8.67 Å². The zero-order chi connectivity index (χ0) is 10.6. The van der Waals surface area contributed by atoms with E-state index >= 15 is 0 Å². The molecule has 0 spiro atoms. The Morgan fingerprint density at radius 1 is 1.64 bits per heavy atom. The Bertz CT molecular complexity index is 340. The summed E-state index contributed by atoms with van der Waals surface area (Å²) in [5, 5.41) is 3.18. The first-order valence-electron chi connectivity index (χ1n) is 4.24. The maximum absolute atomic E-state index is 6.04. The zero-order valence-corrected chi connectivity index (χ0v) is 10.1. The first-order chi connectivity index (χ1) is 6.69. The Morgan fingerprint density at radius 3 is 2.79 bits per heavy atom. The van der Waals surface area contributed by atoms with Gasteiger partial charge in [-0.15, -0.1) is 23.7 Å². The van der Waals surface area contributed by atoms with Crippen LogP contribution in [0.1, 0.15) is 24.4 Å². The predicted octanol–water partition coefficient (Wildman–Crippen LogP) is 3.73. The van der Waals surface area contributed by atoms with Gasteiger partial charge in [-0.2, -0.15) is 0 Å². The standard InChI is InChI=1S/C10H11Cl2NS/c1-3-4-5-8(13-2)7-6-9(11)14-10(7)12/h1,6,8,13H,4-5H2,2H3. The van der Waals surface area contributed by atoms with Crippen molar-refractivity contribution < 1.29 is 0 Å². The van der Waals surface area contributed by atoms with Crippen molar-refractivity contribution in [1.82, 2.24) is 5.32 Å². The Morgan fingerprint density at radius 2 is 2.36 bits per heavy atom. The molecule has 1 unspecified atom stereocenters. The molecule has 1 N–H and O–H groups in total. The van der Waals surface area contributed by atoms with Gasteiger partial charge in [-0.25, -0.2) is 0 Å². The molecule has 4 heteroatoms. The monoisotopic (exact) mass is 247 g/mol. The molecule has 0 radical (unpaired) electrons. The number of thiophene rings is 1. The molecule has 0 aliphatic rings. The number of hydrogen-bond acceptors (Lipinski definition) is 2. The fourth-order valence-corrected chi connectivity index (χ4v) is 2.85. The molecule has 1 atom stereocenters. The summed E-state index contributed by atoms with van der Waals surface area (Å²) in [5.74, 6) is 2.62. The maximum atomic E-state index is 6.04. The molecule has 1 aromatic rings. The molecule has 1 nitrogen and oxygen atoms in total. The second kappa shape index (κ2) is 5.63. The van der Waals surface area contributed by atoms with Gasteiger partial charge in [0, 0.05) is 18.0 Å². The molecule has 1 aromatic heterocycles. The van der Waals surface area contributed by atoms with Crippen molar-refractivity contribution >= 4 is 34.5 Å². The highest BCUT2D eigenvalue weighted by molar-refractivity contribution is 7.20. The number of halogens is 2. The van der Waals surface area contributed by atoms with Gasteiger partial charge in [-0.3, -0.25) is 0 Å². The van der Waals surface area contributed by atoms with E-state index in [0.29, 0.717) is 4.34 Å². The fraction of sp³-hybridized carbons (Fsp3) is 0.400. The Balaban J connectivity index is 2.79. The summed E-state index contributed by atoms with van der Waals surface area (Å²) in [6, 6.07) is 2.09. The highest BCUT2D eigenvalue weighted by Gasteiger charge is 2.15. The van der Waals surface area contributed by atoms with Gasteiger partial charge in [0.15, 0.2) is 0 Å². The van der Waals surface area contributed by atoms with Gasteiger partial charge < -0.3 is 5.32 Å². The fourth-order valence-electron chi connectivity index (χ4n) is 1.27.